The van der Waals surface area contributed by atoms with E-state index in [1.807, 2.05) is 12.1 Å². The Kier molecular flexibility index (Phi) is 6.18. The number of allylic oxidation sites excluding steroid dienone is 1. The van der Waals surface area contributed by atoms with E-state index < -0.39 is 4.92 Å². The van der Waals surface area contributed by atoms with Crippen LogP contribution in [0.2, 0.25) is 0 Å². The van der Waals surface area contributed by atoms with E-state index in [4.69, 9.17) is 14.2 Å². The van der Waals surface area contributed by atoms with Gasteiger partial charge in [-0.25, -0.2) is 0 Å². The number of benzene rings is 3. The number of phenols is 1. The van der Waals surface area contributed by atoms with E-state index in [2.05, 4.69) is 15.9 Å². The number of carbonyl (C=O) groups is 1. The molecule has 10 nitrogen and oxygen atoms in total. The first-order chi connectivity index (χ1) is 18.4. The van der Waals surface area contributed by atoms with Crippen LogP contribution in [0.4, 0.5) is 5.69 Å². The average molecular weight is 516 g/mol. The van der Waals surface area contributed by atoms with Crippen molar-refractivity contribution in [1.82, 2.24) is 9.80 Å². The molecule has 0 saturated carbocycles. The fourth-order valence-electron chi connectivity index (χ4n) is 4.96. The van der Waals surface area contributed by atoms with E-state index in [0.29, 0.717) is 29.0 Å². The van der Waals surface area contributed by atoms with Crippen molar-refractivity contribution in [2.24, 2.45) is 0 Å². The van der Waals surface area contributed by atoms with Crippen molar-refractivity contribution in [3.05, 3.63) is 92.7 Å². The molecule has 0 bridgehead atoms. The number of piperazine rings is 1. The summed E-state index contributed by atoms with van der Waals surface area (Å²) in [6, 6.07) is 15.1. The molecule has 0 aromatic heterocycles. The van der Waals surface area contributed by atoms with Crippen LogP contribution in [0.15, 0.2) is 60.4 Å². The molecule has 6 rings (SSSR count). The number of hydrogen-bond acceptors (Lipinski definition) is 9. The smallest absolute Gasteiger partial charge is 0.270 e. The number of carbonyl (C=O) groups excluding carboxylic acids is 1. The predicted molar refractivity (Wildman–Crippen MR) is 137 cm³/mol. The third-order valence-electron chi connectivity index (χ3n) is 6.98. The lowest BCUT2D eigenvalue weighted by Gasteiger charge is -2.35. The summed E-state index contributed by atoms with van der Waals surface area (Å²) in [6.07, 6.45) is 1.49. The van der Waals surface area contributed by atoms with Gasteiger partial charge in [-0.3, -0.25) is 24.7 Å². The Morgan fingerprint density at radius 3 is 2.50 bits per heavy atom. The van der Waals surface area contributed by atoms with Crippen LogP contribution < -0.4 is 14.2 Å². The van der Waals surface area contributed by atoms with Crippen LogP contribution in [0.5, 0.6) is 23.0 Å². The number of hydrogen-bond donors (Lipinski definition) is 1. The molecule has 0 radical (unpaired) electrons. The van der Waals surface area contributed by atoms with Crippen LogP contribution in [-0.2, 0) is 13.1 Å². The highest BCUT2D eigenvalue weighted by atomic mass is 16.7. The monoisotopic (exact) mass is 515 g/mol. The first-order valence-corrected chi connectivity index (χ1v) is 12.3. The van der Waals surface area contributed by atoms with Gasteiger partial charge >= 0.3 is 0 Å². The van der Waals surface area contributed by atoms with E-state index in [-0.39, 0.29) is 29.8 Å². The molecule has 3 aliphatic rings. The normalized spacial score (nSPS) is 18.0. The molecule has 3 heterocycles. The van der Waals surface area contributed by atoms with Gasteiger partial charge in [0.15, 0.2) is 17.3 Å². The molecule has 194 valence electrons. The molecular formula is C28H25N3O7. The summed E-state index contributed by atoms with van der Waals surface area (Å²) < 4.78 is 16.8. The minimum Gasteiger partial charge on any atom is -0.507 e. The lowest BCUT2D eigenvalue weighted by molar-refractivity contribution is -0.384. The van der Waals surface area contributed by atoms with E-state index in [1.54, 1.807) is 18.2 Å². The topological polar surface area (TPSA) is 115 Å². The van der Waals surface area contributed by atoms with Crippen molar-refractivity contribution >= 4 is 17.5 Å². The molecule has 1 saturated heterocycles. The van der Waals surface area contributed by atoms with Crippen LogP contribution in [-0.4, -0.2) is 58.6 Å². The summed E-state index contributed by atoms with van der Waals surface area (Å²) in [5.74, 6) is 1.72. The van der Waals surface area contributed by atoms with E-state index in [9.17, 15) is 20.0 Å². The number of nitro benzene ring substituents is 1. The van der Waals surface area contributed by atoms with Crippen LogP contribution >= 0.6 is 0 Å². The van der Waals surface area contributed by atoms with Gasteiger partial charge in [-0.15, -0.1) is 0 Å². The third kappa shape index (κ3) is 4.67. The quantitative estimate of drug-likeness (QED) is 0.296. The van der Waals surface area contributed by atoms with Crippen molar-refractivity contribution < 1.29 is 29.0 Å². The lowest BCUT2D eigenvalue weighted by Crippen LogP contribution is -2.45. The molecule has 0 unspecified atom stereocenters. The number of rotatable bonds is 6. The molecule has 10 heteroatoms. The predicted octanol–water partition coefficient (Wildman–Crippen LogP) is 3.96. The number of ketones is 1. The van der Waals surface area contributed by atoms with Crippen molar-refractivity contribution in [1.29, 1.82) is 0 Å². The van der Waals surface area contributed by atoms with Gasteiger partial charge in [0.1, 0.15) is 11.5 Å². The van der Waals surface area contributed by atoms with E-state index in [1.165, 1.54) is 24.3 Å². The summed E-state index contributed by atoms with van der Waals surface area (Å²) in [5.41, 5.74) is 2.51. The maximum absolute atomic E-state index is 13.0. The molecule has 0 amide bonds. The highest BCUT2D eigenvalue weighted by Gasteiger charge is 2.32. The summed E-state index contributed by atoms with van der Waals surface area (Å²) in [4.78, 5) is 28.2. The number of nitro groups is 1. The van der Waals surface area contributed by atoms with Crippen LogP contribution in [0, 0.1) is 10.1 Å². The number of aromatic hydroxyl groups is 1. The summed E-state index contributed by atoms with van der Waals surface area (Å²) in [7, 11) is 0. The second-order valence-electron chi connectivity index (χ2n) is 9.47. The molecule has 1 N–H and O–H groups in total. The van der Waals surface area contributed by atoms with Crippen LogP contribution in [0.3, 0.4) is 0 Å². The molecule has 0 atom stereocenters. The van der Waals surface area contributed by atoms with Crippen LogP contribution in [0.25, 0.3) is 6.08 Å². The first-order valence-electron chi connectivity index (χ1n) is 12.3. The van der Waals surface area contributed by atoms with Gasteiger partial charge in [-0.1, -0.05) is 18.2 Å². The molecule has 3 aliphatic heterocycles. The number of ether oxygens (including phenoxy) is 3. The second kappa shape index (κ2) is 9.81. The zero-order valence-electron chi connectivity index (χ0n) is 20.5. The van der Waals surface area contributed by atoms with Gasteiger partial charge in [0, 0.05) is 51.4 Å². The summed E-state index contributed by atoms with van der Waals surface area (Å²) >= 11 is 0. The first kappa shape index (κ1) is 24.0. The van der Waals surface area contributed by atoms with Crippen molar-refractivity contribution in [3.63, 3.8) is 0 Å². The molecule has 3 aromatic rings. The summed E-state index contributed by atoms with van der Waals surface area (Å²) in [6.45, 7) is 4.78. The Hall–Kier alpha value is -4.41. The Labute approximate surface area is 218 Å². The minimum atomic E-state index is -0.487. The second-order valence-corrected chi connectivity index (χ2v) is 9.47. The molecule has 1 fully saturated rings. The van der Waals surface area contributed by atoms with Crippen molar-refractivity contribution in [2.75, 3.05) is 33.0 Å². The van der Waals surface area contributed by atoms with Gasteiger partial charge < -0.3 is 19.3 Å². The lowest BCUT2D eigenvalue weighted by atomic mass is 10.0. The Morgan fingerprint density at radius 1 is 0.947 bits per heavy atom. The minimum absolute atomic E-state index is 0.0657. The van der Waals surface area contributed by atoms with Gasteiger partial charge in [0.25, 0.3) is 5.69 Å². The number of Topliss-reactive ketones (excluding diaryl/α,β-unsaturated/α-hetero) is 1. The number of phenolic OH excluding ortho intramolecular Hbond substituents is 1. The SMILES string of the molecule is O=C1/C(=C/c2cccc([N+](=O)[O-])c2)Oc2c1ccc(O)c2CN1CCN(Cc2ccc3c(c2)OCO3)CC1. The molecule has 38 heavy (non-hydrogen) atoms. The Bertz CT molecular complexity index is 1460. The maximum atomic E-state index is 13.0. The van der Waals surface area contributed by atoms with E-state index >= 15 is 0 Å². The molecular weight excluding hydrogens is 490 g/mol. The highest BCUT2D eigenvalue weighted by Crippen LogP contribution is 2.40. The van der Waals surface area contributed by atoms with Crippen LogP contribution in [0.1, 0.15) is 27.0 Å². The number of non-ortho nitro benzene ring substituents is 1. The van der Waals surface area contributed by atoms with Gasteiger partial charge in [-0.2, -0.15) is 0 Å². The highest BCUT2D eigenvalue weighted by molar-refractivity contribution is 6.15. The summed E-state index contributed by atoms with van der Waals surface area (Å²) in [5, 5.41) is 21.7. The van der Waals surface area contributed by atoms with Gasteiger partial charge in [0.2, 0.25) is 12.6 Å². The Balaban J connectivity index is 1.13. The molecule has 3 aromatic carbocycles. The maximum Gasteiger partial charge on any atom is 0.270 e. The number of fused-ring (bicyclic) bond motifs is 2. The zero-order valence-corrected chi connectivity index (χ0v) is 20.5. The standard InChI is InChI=1S/C28H25N3O7/c32-23-6-5-21-27(33)26(13-18-2-1-3-20(12-18)31(34)35)38-28(21)22(23)16-30-10-8-29(9-11-30)15-19-4-7-24-25(14-19)37-17-36-24/h1-7,12-14,32H,8-11,15-17H2/b26-13-. The van der Waals surface area contributed by atoms with Gasteiger partial charge in [0.05, 0.1) is 16.1 Å². The largest absolute Gasteiger partial charge is 0.507 e. The number of nitrogens with zero attached hydrogens (tertiary/aromatic N) is 3. The van der Waals surface area contributed by atoms with Crippen molar-refractivity contribution in [3.8, 4) is 23.0 Å². The zero-order chi connectivity index (χ0) is 26.2. The third-order valence-corrected chi connectivity index (χ3v) is 6.98. The average Bonchev–Trinajstić information content (AvgIpc) is 3.51. The molecule has 0 aliphatic carbocycles. The fourth-order valence-corrected chi connectivity index (χ4v) is 4.96. The molecule has 0 spiro atoms. The van der Waals surface area contributed by atoms with E-state index in [0.717, 1.165) is 49.8 Å². The fraction of sp³-hybridized carbons (Fsp3) is 0.250. The van der Waals surface area contributed by atoms with Crippen molar-refractivity contribution in [2.45, 2.75) is 13.1 Å². The Morgan fingerprint density at radius 2 is 1.71 bits per heavy atom. The van der Waals surface area contributed by atoms with Gasteiger partial charge in [-0.05, 0) is 41.5 Å².